The minimum Gasteiger partial charge on any atom is -0.367 e. The van der Waals surface area contributed by atoms with Crippen LogP contribution in [0.15, 0.2) is 77.9 Å². The fourth-order valence-electron chi connectivity index (χ4n) is 3.77. The van der Waals surface area contributed by atoms with Gasteiger partial charge in [-0.2, -0.15) is 16.8 Å². The summed E-state index contributed by atoms with van der Waals surface area (Å²) in [7, 11) is -7.26. The van der Waals surface area contributed by atoms with Crippen LogP contribution >= 0.6 is 34.5 Å². The number of hydrogen-bond acceptors (Lipinski definition) is 10. The van der Waals surface area contributed by atoms with E-state index in [1.807, 2.05) is 54.7 Å². The molecule has 0 radical (unpaired) electrons. The van der Waals surface area contributed by atoms with Crippen molar-refractivity contribution in [2.24, 2.45) is 4.99 Å². The molecule has 0 atom stereocenters. The van der Waals surface area contributed by atoms with Gasteiger partial charge in [-0.15, -0.1) is 11.3 Å². The molecule has 0 N–H and O–H groups in total. The molecule has 0 saturated carbocycles. The molecule has 0 bridgehead atoms. The van der Waals surface area contributed by atoms with Gasteiger partial charge in [0.05, 0.1) is 41.3 Å². The molecule has 222 valence electrons. The van der Waals surface area contributed by atoms with Crippen molar-refractivity contribution >= 4 is 72.4 Å². The summed E-state index contributed by atoms with van der Waals surface area (Å²) >= 11 is 14.1. The average molecular weight is 669 g/mol. The Morgan fingerprint density at radius 2 is 1.45 bits per heavy atom. The van der Waals surface area contributed by atoms with Crippen LogP contribution in [0.25, 0.3) is 21.0 Å². The van der Waals surface area contributed by atoms with Gasteiger partial charge in [-0.05, 0) is 48.0 Å². The summed E-state index contributed by atoms with van der Waals surface area (Å²) in [5, 5.41) is 2.00. The highest BCUT2D eigenvalue weighted by Gasteiger charge is 2.13. The van der Waals surface area contributed by atoms with Crippen LogP contribution in [0.4, 0.5) is 11.4 Å². The third-order valence-corrected chi connectivity index (χ3v) is 8.63. The number of rotatable bonds is 13. The van der Waals surface area contributed by atoms with Gasteiger partial charge in [0.1, 0.15) is 5.01 Å². The largest absolute Gasteiger partial charge is 0.367 e. The monoisotopic (exact) mass is 667 g/mol. The molecule has 0 fully saturated rings. The number of halogens is 2. The molecular weight excluding hydrogens is 641 g/mol. The zero-order valence-corrected chi connectivity index (χ0v) is 26.6. The van der Waals surface area contributed by atoms with Crippen LogP contribution in [0.2, 0.25) is 10.0 Å². The lowest BCUT2D eigenvalue weighted by Gasteiger charge is -2.24. The lowest BCUT2D eigenvalue weighted by Crippen LogP contribution is -2.32. The van der Waals surface area contributed by atoms with Gasteiger partial charge in [0.25, 0.3) is 20.2 Å². The number of benzene rings is 3. The minimum absolute atomic E-state index is 0.126. The van der Waals surface area contributed by atoms with E-state index < -0.39 is 20.2 Å². The normalized spacial score (nSPS) is 12.2. The smallest absolute Gasteiger partial charge is 0.264 e. The number of hydrogen-bond donors (Lipinski definition) is 0. The number of aliphatic imine (C=N–C) groups is 1. The van der Waals surface area contributed by atoms with Crippen molar-refractivity contribution in [3.63, 3.8) is 0 Å². The van der Waals surface area contributed by atoms with E-state index in [-0.39, 0.29) is 26.3 Å². The van der Waals surface area contributed by atoms with Crippen LogP contribution in [-0.2, 0) is 28.6 Å². The first-order valence-corrected chi connectivity index (χ1v) is 17.7. The summed E-state index contributed by atoms with van der Waals surface area (Å²) in [5.41, 5.74) is 4.07. The van der Waals surface area contributed by atoms with Gasteiger partial charge in [0.2, 0.25) is 0 Å². The van der Waals surface area contributed by atoms with Crippen molar-refractivity contribution in [1.82, 2.24) is 4.98 Å². The predicted molar refractivity (Wildman–Crippen MR) is 171 cm³/mol. The highest BCUT2D eigenvalue weighted by atomic mass is 35.5. The Morgan fingerprint density at radius 1 is 0.857 bits per heavy atom. The van der Waals surface area contributed by atoms with Crippen molar-refractivity contribution in [1.29, 1.82) is 0 Å². The van der Waals surface area contributed by atoms with Gasteiger partial charge < -0.3 is 4.90 Å². The van der Waals surface area contributed by atoms with Crippen LogP contribution in [0, 0.1) is 0 Å². The van der Waals surface area contributed by atoms with E-state index in [4.69, 9.17) is 31.6 Å². The molecule has 9 nitrogen and oxygen atoms in total. The van der Waals surface area contributed by atoms with E-state index in [1.54, 1.807) is 40.7 Å². The van der Waals surface area contributed by atoms with Gasteiger partial charge in [0.15, 0.2) is 0 Å². The van der Waals surface area contributed by atoms with Crippen LogP contribution in [0.5, 0.6) is 0 Å². The van der Waals surface area contributed by atoms with Crippen LogP contribution in [0.3, 0.4) is 0 Å². The number of aromatic nitrogens is 1. The Kier molecular flexibility index (Phi) is 10.8. The molecule has 0 saturated heterocycles. The first-order valence-electron chi connectivity index (χ1n) is 12.5. The van der Waals surface area contributed by atoms with Crippen molar-refractivity contribution in [2.75, 3.05) is 43.7 Å². The Balaban J connectivity index is 1.43. The zero-order chi connectivity index (χ0) is 30.3. The lowest BCUT2D eigenvalue weighted by molar-refractivity contribution is 0.309. The molecule has 4 aromatic rings. The summed E-state index contributed by atoms with van der Waals surface area (Å²) in [6.45, 7) is 0.0749. The maximum Gasteiger partial charge on any atom is 0.264 e. The van der Waals surface area contributed by atoms with Crippen molar-refractivity contribution < 1.29 is 25.2 Å². The SMILES string of the molecule is CS(=O)(=O)OCCN(CCOS(C)(=O)=O)c1ccc(C=Nc2ccc(-c3cnc(-c4ccc(Cl)cc4)s3)cc2)c(Cl)c1. The summed E-state index contributed by atoms with van der Waals surface area (Å²) in [6.07, 6.45) is 5.41. The molecule has 3 aromatic carbocycles. The second-order valence-corrected chi connectivity index (χ2v) is 14.2. The van der Waals surface area contributed by atoms with Gasteiger partial charge in [-0.1, -0.05) is 47.5 Å². The first kappa shape index (κ1) is 32.1. The molecule has 0 aliphatic heterocycles. The molecule has 0 aliphatic carbocycles. The van der Waals surface area contributed by atoms with Crippen molar-refractivity contribution in [3.05, 3.63) is 88.5 Å². The second-order valence-electron chi connectivity index (χ2n) is 9.09. The molecule has 42 heavy (non-hydrogen) atoms. The fourth-order valence-corrected chi connectivity index (χ4v) is 5.81. The number of nitrogens with zero attached hydrogens (tertiary/aromatic N) is 3. The highest BCUT2D eigenvalue weighted by Crippen LogP contribution is 2.33. The second kappa shape index (κ2) is 14.1. The average Bonchev–Trinajstić information content (AvgIpc) is 3.41. The van der Waals surface area contributed by atoms with Crippen molar-refractivity contribution in [2.45, 2.75) is 0 Å². The summed E-state index contributed by atoms with van der Waals surface area (Å²) in [5.74, 6) is 0. The standard InChI is InChI=1S/C28H27Cl2N3O6S3/c1-41(34,35)38-15-13-33(14-16-39-42(2,36)37)25-12-7-22(26(30)17-25)18-31-24-10-5-20(6-11-24)27-19-32-28(40-27)21-3-8-23(29)9-4-21/h3-12,17-19H,13-16H2,1-2H3. The van der Waals surface area contributed by atoms with Crippen LogP contribution < -0.4 is 4.90 Å². The predicted octanol–water partition coefficient (Wildman–Crippen LogP) is 6.29. The van der Waals surface area contributed by atoms with Crippen LogP contribution in [0.1, 0.15) is 5.56 Å². The fraction of sp³-hybridized carbons (Fsp3) is 0.214. The van der Waals surface area contributed by atoms with E-state index in [2.05, 4.69) is 9.98 Å². The molecular formula is C28H27Cl2N3O6S3. The molecule has 0 amide bonds. The molecule has 4 rings (SSSR count). The van der Waals surface area contributed by atoms with Gasteiger partial charge in [-0.25, -0.2) is 4.98 Å². The molecule has 1 heterocycles. The van der Waals surface area contributed by atoms with Crippen LogP contribution in [-0.4, -0.2) is 66.8 Å². The Labute approximate surface area is 259 Å². The Bertz CT molecular complexity index is 1720. The number of anilines is 1. The Morgan fingerprint density at radius 3 is 2.02 bits per heavy atom. The lowest BCUT2D eigenvalue weighted by atomic mass is 10.2. The molecule has 1 aromatic heterocycles. The maximum atomic E-state index is 11.4. The van der Waals surface area contributed by atoms with E-state index in [1.165, 1.54) is 0 Å². The molecule has 0 spiro atoms. The van der Waals surface area contributed by atoms with Crippen molar-refractivity contribution in [3.8, 4) is 21.0 Å². The van der Waals surface area contributed by atoms with Gasteiger partial charge in [-0.3, -0.25) is 13.4 Å². The highest BCUT2D eigenvalue weighted by molar-refractivity contribution is 7.86. The summed E-state index contributed by atoms with van der Waals surface area (Å²) in [6, 6.07) is 20.6. The van der Waals surface area contributed by atoms with E-state index >= 15 is 0 Å². The van der Waals surface area contributed by atoms with E-state index in [9.17, 15) is 16.8 Å². The Hall–Kier alpha value is -2.84. The van der Waals surface area contributed by atoms with E-state index in [0.717, 1.165) is 39.2 Å². The quantitative estimate of drug-likeness (QED) is 0.121. The first-order chi connectivity index (χ1) is 19.9. The minimum atomic E-state index is -3.63. The summed E-state index contributed by atoms with van der Waals surface area (Å²) in [4.78, 5) is 11.8. The maximum absolute atomic E-state index is 11.4. The molecule has 0 aliphatic rings. The molecule has 0 unspecified atom stereocenters. The summed E-state index contributed by atoms with van der Waals surface area (Å²) < 4.78 is 55.1. The zero-order valence-electron chi connectivity index (χ0n) is 22.6. The topological polar surface area (TPSA) is 115 Å². The van der Waals surface area contributed by atoms with E-state index in [0.29, 0.717) is 21.3 Å². The number of thiazole rings is 1. The van der Waals surface area contributed by atoms with Gasteiger partial charge >= 0.3 is 0 Å². The third kappa shape index (κ3) is 9.87. The van der Waals surface area contributed by atoms with Gasteiger partial charge in [0, 0.05) is 47.3 Å². The molecule has 14 heteroatoms. The third-order valence-electron chi connectivity index (χ3n) is 5.77.